The van der Waals surface area contributed by atoms with Crippen molar-refractivity contribution in [1.29, 1.82) is 0 Å². The molecule has 0 unspecified atom stereocenters. The molecule has 2 aromatic rings. The van der Waals surface area contributed by atoms with Crippen molar-refractivity contribution in [2.45, 2.75) is 52.6 Å². The van der Waals surface area contributed by atoms with E-state index in [0.717, 1.165) is 40.3 Å². The van der Waals surface area contributed by atoms with Crippen LogP contribution in [0.1, 0.15) is 50.6 Å². The van der Waals surface area contributed by atoms with Gasteiger partial charge < -0.3 is 4.90 Å². The van der Waals surface area contributed by atoms with Gasteiger partial charge in [-0.1, -0.05) is 0 Å². The van der Waals surface area contributed by atoms with Crippen LogP contribution in [0.4, 0.5) is 0 Å². The SMILES string of the molecule is CC1=NCc2ncc(-c3cncc(CC4CCN(C(C)C)CC4)n3)cc21. The Morgan fingerprint density at radius 3 is 2.73 bits per heavy atom. The summed E-state index contributed by atoms with van der Waals surface area (Å²) in [7, 11) is 0. The molecule has 0 bridgehead atoms. The number of hydrogen-bond donors (Lipinski definition) is 0. The topological polar surface area (TPSA) is 54.3 Å². The summed E-state index contributed by atoms with van der Waals surface area (Å²) in [6.07, 6.45) is 9.19. The molecule has 4 rings (SSSR count). The minimum Gasteiger partial charge on any atom is -0.301 e. The van der Waals surface area contributed by atoms with E-state index in [1.165, 1.54) is 25.9 Å². The number of hydrogen-bond acceptors (Lipinski definition) is 5. The van der Waals surface area contributed by atoms with Gasteiger partial charge in [-0.15, -0.1) is 0 Å². The first-order valence-electron chi connectivity index (χ1n) is 9.66. The molecule has 0 amide bonds. The van der Waals surface area contributed by atoms with Crippen LogP contribution in [0.3, 0.4) is 0 Å². The zero-order chi connectivity index (χ0) is 18.1. The van der Waals surface area contributed by atoms with E-state index in [2.05, 4.69) is 39.8 Å². The molecule has 0 atom stereocenters. The molecule has 1 saturated heterocycles. The highest BCUT2D eigenvalue weighted by Gasteiger charge is 2.22. The average molecular weight is 349 g/mol. The molecule has 1 fully saturated rings. The first-order valence-corrected chi connectivity index (χ1v) is 9.66. The highest BCUT2D eigenvalue weighted by atomic mass is 15.1. The van der Waals surface area contributed by atoms with Crippen molar-refractivity contribution in [2.75, 3.05) is 13.1 Å². The van der Waals surface area contributed by atoms with E-state index in [4.69, 9.17) is 4.98 Å². The third kappa shape index (κ3) is 3.54. The zero-order valence-electron chi connectivity index (χ0n) is 15.9. The van der Waals surface area contributed by atoms with Crippen molar-refractivity contribution in [3.63, 3.8) is 0 Å². The van der Waals surface area contributed by atoms with Crippen molar-refractivity contribution in [1.82, 2.24) is 19.9 Å². The number of aliphatic imine (C=N–C) groups is 1. The van der Waals surface area contributed by atoms with Crippen molar-refractivity contribution < 1.29 is 0 Å². The van der Waals surface area contributed by atoms with Crippen molar-refractivity contribution in [2.24, 2.45) is 10.9 Å². The van der Waals surface area contributed by atoms with Crippen LogP contribution >= 0.6 is 0 Å². The summed E-state index contributed by atoms with van der Waals surface area (Å²) in [5.74, 6) is 0.710. The summed E-state index contributed by atoms with van der Waals surface area (Å²) >= 11 is 0. The molecule has 4 heterocycles. The van der Waals surface area contributed by atoms with Crippen molar-refractivity contribution >= 4 is 5.71 Å². The number of fused-ring (bicyclic) bond motifs is 1. The van der Waals surface area contributed by atoms with Gasteiger partial charge in [-0.25, -0.2) is 4.98 Å². The Balaban J connectivity index is 1.48. The highest BCUT2D eigenvalue weighted by Crippen LogP contribution is 2.25. The van der Waals surface area contributed by atoms with Gasteiger partial charge in [-0.3, -0.25) is 15.0 Å². The molecule has 5 nitrogen and oxygen atoms in total. The number of rotatable bonds is 4. The Hall–Kier alpha value is -2.14. The van der Waals surface area contributed by atoms with Crippen LogP contribution in [0.2, 0.25) is 0 Å². The van der Waals surface area contributed by atoms with Crippen LogP contribution in [0.5, 0.6) is 0 Å². The lowest BCUT2D eigenvalue weighted by Gasteiger charge is -2.34. The van der Waals surface area contributed by atoms with Crippen LogP contribution in [-0.2, 0) is 13.0 Å². The minimum atomic E-state index is 0.651. The first kappa shape index (κ1) is 17.3. The molecule has 0 radical (unpaired) electrons. The Bertz CT molecular complexity index is 819. The highest BCUT2D eigenvalue weighted by molar-refractivity contribution is 6.02. The standard InChI is InChI=1S/C21H27N5/c1-14(2)26-6-4-16(5-7-26)8-18-11-22-12-20(25-18)17-9-19-15(3)23-13-21(19)24-10-17/h9-12,14,16H,4-8,13H2,1-3H3. The summed E-state index contributed by atoms with van der Waals surface area (Å²) in [5.41, 5.74) is 6.32. The summed E-state index contributed by atoms with van der Waals surface area (Å²) in [6.45, 7) is 9.70. The van der Waals surface area contributed by atoms with Crippen LogP contribution in [0.15, 0.2) is 29.6 Å². The van der Waals surface area contributed by atoms with E-state index >= 15 is 0 Å². The molecule has 0 aliphatic carbocycles. The van der Waals surface area contributed by atoms with Gasteiger partial charge in [-0.2, -0.15) is 0 Å². The zero-order valence-corrected chi connectivity index (χ0v) is 15.9. The molecule has 136 valence electrons. The van der Waals surface area contributed by atoms with Gasteiger partial charge in [0.15, 0.2) is 0 Å². The van der Waals surface area contributed by atoms with E-state index in [-0.39, 0.29) is 0 Å². The molecule has 5 heteroatoms. The Morgan fingerprint density at radius 2 is 1.96 bits per heavy atom. The van der Waals surface area contributed by atoms with Gasteiger partial charge in [0, 0.05) is 35.3 Å². The number of nitrogens with zero attached hydrogens (tertiary/aromatic N) is 5. The normalized spacial score (nSPS) is 18.2. The lowest BCUT2D eigenvalue weighted by Crippen LogP contribution is -2.38. The number of piperidine rings is 1. The minimum absolute atomic E-state index is 0.651. The van der Waals surface area contributed by atoms with Gasteiger partial charge in [0.1, 0.15) is 0 Å². The fourth-order valence-electron chi connectivity index (χ4n) is 3.96. The molecular weight excluding hydrogens is 322 g/mol. The molecule has 0 saturated carbocycles. The maximum absolute atomic E-state index is 4.89. The monoisotopic (exact) mass is 349 g/mol. The maximum Gasteiger partial charge on any atom is 0.0904 e. The summed E-state index contributed by atoms with van der Waals surface area (Å²) in [5, 5.41) is 0. The van der Waals surface area contributed by atoms with Gasteiger partial charge in [-0.05, 0) is 65.1 Å². The number of pyridine rings is 1. The fourth-order valence-corrected chi connectivity index (χ4v) is 3.96. The quantitative estimate of drug-likeness (QED) is 0.847. The van der Waals surface area contributed by atoms with E-state index in [1.54, 1.807) is 0 Å². The largest absolute Gasteiger partial charge is 0.301 e. The Morgan fingerprint density at radius 1 is 1.15 bits per heavy atom. The molecule has 2 aromatic heterocycles. The van der Waals surface area contributed by atoms with Crippen molar-refractivity contribution in [3.8, 4) is 11.3 Å². The third-order valence-corrected chi connectivity index (χ3v) is 5.68. The van der Waals surface area contributed by atoms with Gasteiger partial charge in [0.25, 0.3) is 0 Å². The number of likely N-dealkylation sites (tertiary alicyclic amines) is 1. The van der Waals surface area contributed by atoms with E-state index in [1.807, 2.05) is 25.5 Å². The third-order valence-electron chi connectivity index (χ3n) is 5.68. The molecule has 0 aromatic carbocycles. The fraction of sp³-hybridized carbons (Fsp3) is 0.524. The molecule has 2 aliphatic rings. The second-order valence-corrected chi connectivity index (χ2v) is 7.79. The molecule has 26 heavy (non-hydrogen) atoms. The predicted octanol–water partition coefficient (Wildman–Crippen LogP) is 3.52. The molecular formula is C21H27N5. The smallest absolute Gasteiger partial charge is 0.0904 e. The molecule has 0 N–H and O–H groups in total. The van der Waals surface area contributed by atoms with E-state index < -0.39 is 0 Å². The van der Waals surface area contributed by atoms with Crippen LogP contribution < -0.4 is 0 Å². The second kappa shape index (κ2) is 7.23. The average Bonchev–Trinajstić information content (AvgIpc) is 3.03. The molecule has 0 spiro atoms. The summed E-state index contributed by atoms with van der Waals surface area (Å²) in [6, 6.07) is 2.81. The lowest BCUT2D eigenvalue weighted by atomic mass is 9.91. The lowest BCUT2D eigenvalue weighted by molar-refractivity contribution is 0.149. The predicted molar refractivity (Wildman–Crippen MR) is 104 cm³/mol. The maximum atomic E-state index is 4.89. The van der Waals surface area contributed by atoms with Gasteiger partial charge >= 0.3 is 0 Å². The van der Waals surface area contributed by atoms with Crippen LogP contribution in [0.25, 0.3) is 11.3 Å². The first-order chi connectivity index (χ1) is 12.6. The van der Waals surface area contributed by atoms with E-state index in [0.29, 0.717) is 18.5 Å². The van der Waals surface area contributed by atoms with Gasteiger partial charge in [0.2, 0.25) is 0 Å². The van der Waals surface area contributed by atoms with Gasteiger partial charge in [0.05, 0.1) is 29.8 Å². The molecule has 2 aliphatic heterocycles. The van der Waals surface area contributed by atoms with Crippen LogP contribution in [-0.4, -0.2) is 44.7 Å². The summed E-state index contributed by atoms with van der Waals surface area (Å²) in [4.78, 5) is 20.9. The summed E-state index contributed by atoms with van der Waals surface area (Å²) < 4.78 is 0. The van der Waals surface area contributed by atoms with Crippen molar-refractivity contribution in [3.05, 3.63) is 41.6 Å². The number of aromatic nitrogens is 3. The second-order valence-electron chi connectivity index (χ2n) is 7.79. The Kier molecular flexibility index (Phi) is 4.81. The Labute approximate surface area is 155 Å². The van der Waals surface area contributed by atoms with E-state index in [9.17, 15) is 0 Å². The van der Waals surface area contributed by atoms with Crippen LogP contribution in [0, 0.1) is 5.92 Å².